The molecule has 1 fully saturated rings. The van der Waals surface area contributed by atoms with Crippen molar-refractivity contribution in [3.63, 3.8) is 0 Å². The molecule has 0 amide bonds. The number of nitrogens with zero attached hydrogens (tertiary/aromatic N) is 6. The molecule has 0 radical (unpaired) electrons. The van der Waals surface area contributed by atoms with Gasteiger partial charge >= 0.3 is 5.56 Å². The van der Waals surface area contributed by atoms with E-state index in [1.807, 2.05) is 29.0 Å². The second-order valence-electron chi connectivity index (χ2n) is 6.57. The molecule has 1 aliphatic carbocycles. The highest BCUT2D eigenvalue weighted by atomic mass is 16.1. The lowest BCUT2D eigenvalue weighted by Gasteiger charge is -2.19. The summed E-state index contributed by atoms with van der Waals surface area (Å²) in [7, 11) is 0. The second kappa shape index (κ2) is 6.31. The SMILES string of the molecule is O=c1nc(NNc2ccc3n[nH]nc3c2)nc2n(C3CCCC3)ccnc1-2. The van der Waals surface area contributed by atoms with Crippen LogP contribution in [0.3, 0.4) is 0 Å². The fourth-order valence-electron chi connectivity index (χ4n) is 3.55. The van der Waals surface area contributed by atoms with E-state index in [1.165, 1.54) is 12.8 Å². The third-order valence-electron chi connectivity index (χ3n) is 4.86. The maximum Gasteiger partial charge on any atom is 0.302 e. The average molecular weight is 363 g/mol. The van der Waals surface area contributed by atoms with E-state index in [1.54, 1.807) is 6.20 Å². The van der Waals surface area contributed by atoms with Crippen molar-refractivity contribution >= 4 is 22.7 Å². The largest absolute Gasteiger partial charge is 0.326 e. The van der Waals surface area contributed by atoms with Gasteiger partial charge in [0.2, 0.25) is 5.95 Å². The number of aromatic nitrogens is 7. The van der Waals surface area contributed by atoms with Crippen LogP contribution < -0.4 is 16.4 Å². The Hall–Kier alpha value is -3.56. The van der Waals surface area contributed by atoms with Crippen molar-refractivity contribution in [2.24, 2.45) is 0 Å². The van der Waals surface area contributed by atoms with E-state index < -0.39 is 5.56 Å². The lowest BCUT2D eigenvalue weighted by atomic mass is 10.2. The second-order valence-corrected chi connectivity index (χ2v) is 6.57. The summed E-state index contributed by atoms with van der Waals surface area (Å²) in [5.74, 6) is 0.758. The van der Waals surface area contributed by atoms with Crippen molar-refractivity contribution in [3.8, 4) is 11.5 Å². The Kier molecular flexibility index (Phi) is 3.66. The molecule has 0 spiro atoms. The minimum Gasteiger partial charge on any atom is -0.326 e. The fraction of sp³-hybridized carbons (Fsp3) is 0.294. The van der Waals surface area contributed by atoms with Crippen molar-refractivity contribution < 1.29 is 0 Å². The van der Waals surface area contributed by atoms with Crippen LogP contribution in [0.2, 0.25) is 0 Å². The van der Waals surface area contributed by atoms with Crippen LogP contribution in [0.5, 0.6) is 0 Å². The fourth-order valence-corrected chi connectivity index (χ4v) is 3.55. The van der Waals surface area contributed by atoms with E-state index in [0.717, 1.165) is 29.6 Å². The summed E-state index contributed by atoms with van der Waals surface area (Å²) >= 11 is 0. The van der Waals surface area contributed by atoms with Crippen LogP contribution in [0.1, 0.15) is 31.7 Å². The first-order chi connectivity index (χ1) is 13.3. The van der Waals surface area contributed by atoms with Crippen LogP contribution >= 0.6 is 0 Å². The molecule has 10 nitrogen and oxygen atoms in total. The van der Waals surface area contributed by atoms with Crippen LogP contribution in [-0.4, -0.2) is 34.9 Å². The van der Waals surface area contributed by atoms with Crippen LogP contribution in [0.25, 0.3) is 22.6 Å². The van der Waals surface area contributed by atoms with Gasteiger partial charge in [-0.1, -0.05) is 12.8 Å². The van der Waals surface area contributed by atoms with Gasteiger partial charge in [-0.05, 0) is 31.0 Å². The highest BCUT2D eigenvalue weighted by Gasteiger charge is 2.23. The Labute approximate surface area is 153 Å². The summed E-state index contributed by atoms with van der Waals surface area (Å²) < 4.78 is 2.05. The predicted octanol–water partition coefficient (Wildman–Crippen LogP) is 1.96. The molecule has 10 heteroatoms. The molecule has 3 heterocycles. The molecule has 2 aromatic rings. The minimum atomic E-state index is -0.399. The predicted molar refractivity (Wildman–Crippen MR) is 99.3 cm³/mol. The van der Waals surface area contributed by atoms with E-state index in [-0.39, 0.29) is 5.95 Å². The molecular weight excluding hydrogens is 346 g/mol. The van der Waals surface area contributed by atoms with Gasteiger partial charge < -0.3 is 4.57 Å². The van der Waals surface area contributed by atoms with E-state index >= 15 is 0 Å². The van der Waals surface area contributed by atoms with Crippen molar-refractivity contribution in [2.75, 3.05) is 10.9 Å². The molecule has 27 heavy (non-hydrogen) atoms. The van der Waals surface area contributed by atoms with Gasteiger partial charge in [-0.3, -0.25) is 15.6 Å². The van der Waals surface area contributed by atoms with Gasteiger partial charge in [0.15, 0.2) is 11.5 Å². The number of benzene rings is 1. The first-order valence-corrected chi connectivity index (χ1v) is 8.85. The number of anilines is 2. The standard InChI is InChI=1S/C17H17N9O/c27-16-14-15(26(8-7-18-14)11-3-1-2-4-11)19-17(20-16)24-21-10-5-6-12-13(9-10)23-25-22-12/h5-9,11,21H,1-4H2,(H,20,24,27)(H,22,23,25). The number of nitrogens with one attached hydrogen (secondary N) is 3. The molecule has 1 saturated carbocycles. The van der Waals surface area contributed by atoms with E-state index in [0.29, 0.717) is 17.6 Å². The van der Waals surface area contributed by atoms with Crippen molar-refractivity contribution in [1.82, 2.24) is 34.9 Å². The molecule has 136 valence electrons. The zero-order chi connectivity index (χ0) is 18.2. The summed E-state index contributed by atoms with van der Waals surface area (Å²) in [5, 5.41) is 10.6. The number of H-pyrrole nitrogens is 1. The summed E-state index contributed by atoms with van der Waals surface area (Å²) in [6, 6.07) is 5.85. The molecule has 0 atom stereocenters. The highest BCUT2D eigenvalue weighted by Crippen LogP contribution is 2.32. The molecule has 1 aromatic carbocycles. The summed E-state index contributed by atoms with van der Waals surface area (Å²) in [4.78, 5) is 25.1. The number of hydrazine groups is 1. The van der Waals surface area contributed by atoms with E-state index in [2.05, 4.69) is 41.2 Å². The van der Waals surface area contributed by atoms with Crippen molar-refractivity contribution in [2.45, 2.75) is 31.7 Å². The third kappa shape index (κ3) is 2.84. The number of rotatable bonds is 4. The quantitative estimate of drug-likeness (QED) is 0.470. The minimum absolute atomic E-state index is 0.201. The van der Waals surface area contributed by atoms with Crippen LogP contribution in [0.4, 0.5) is 11.6 Å². The number of hydrogen-bond donors (Lipinski definition) is 3. The molecule has 3 aliphatic rings. The lowest BCUT2D eigenvalue weighted by Crippen LogP contribution is -2.24. The van der Waals surface area contributed by atoms with Gasteiger partial charge in [0.05, 0.1) is 5.69 Å². The summed E-state index contributed by atoms with van der Waals surface area (Å²) in [6.45, 7) is 0. The van der Waals surface area contributed by atoms with Crippen molar-refractivity contribution in [1.29, 1.82) is 0 Å². The number of fused-ring (bicyclic) bond motifs is 2. The number of aromatic amines is 1. The smallest absolute Gasteiger partial charge is 0.302 e. The monoisotopic (exact) mass is 363 g/mol. The summed E-state index contributed by atoms with van der Waals surface area (Å²) in [5.41, 5.74) is 8.04. The Bertz CT molecular complexity index is 1130. The van der Waals surface area contributed by atoms with Crippen LogP contribution in [0, 0.1) is 0 Å². The molecule has 0 bridgehead atoms. The Morgan fingerprint density at radius 1 is 1.07 bits per heavy atom. The third-order valence-corrected chi connectivity index (χ3v) is 4.86. The van der Waals surface area contributed by atoms with E-state index in [9.17, 15) is 4.79 Å². The maximum absolute atomic E-state index is 12.4. The van der Waals surface area contributed by atoms with Gasteiger partial charge in [0, 0.05) is 18.4 Å². The Balaban J connectivity index is 1.46. The van der Waals surface area contributed by atoms with Gasteiger partial charge in [0.1, 0.15) is 11.0 Å². The average Bonchev–Trinajstić information content (AvgIpc) is 3.37. The van der Waals surface area contributed by atoms with Crippen LogP contribution in [-0.2, 0) is 0 Å². The molecule has 0 unspecified atom stereocenters. The lowest BCUT2D eigenvalue weighted by molar-refractivity contribution is 0.512. The number of hydrogen-bond acceptors (Lipinski definition) is 8. The molecule has 1 aromatic heterocycles. The molecule has 0 saturated heterocycles. The van der Waals surface area contributed by atoms with Gasteiger partial charge in [-0.15, -0.1) is 0 Å². The zero-order valence-electron chi connectivity index (χ0n) is 14.4. The van der Waals surface area contributed by atoms with Crippen LogP contribution in [0.15, 0.2) is 35.4 Å². The molecular formula is C17H17N9O. The molecule has 5 rings (SSSR count). The summed E-state index contributed by atoms with van der Waals surface area (Å²) in [6.07, 6.45) is 8.08. The maximum atomic E-state index is 12.4. The Morgan fingerprint density at radius 2 is 1.93 bits per heavy atom. The van der Waals surface area contributed by atoms with Gasteiger partial charge in [-0.2, -0.15) is 25.4 Å². The topological polar surface area (TPSA) is 126 Å². The van der Waals surface area contributed by atoms with Crippen molar-refractivity contribution in [3.05, 3.63) is 40.9 Å². The molecule has 3 N–H and O–H groups in total. The first kappa shape index (κ1) is 15.7. The van der Waals surface area contributed by atoms with E-state index in [4.69, 9.17) is 0 Å². The van der Waals surface area contributed by atoms with Gasteiger partial charge in [0.25, 0.3) is 0 Å². The van der Waals surface area contributed by atoms with Gasteiger partial charge in [-0.25, -0.2) is 4.98 Å². The zero-order valence-corrected chi connectivity index (χ0v) is 14.4. The Morgan fingerprint density at radius 3 is 2.81 bits per heavy atom. The highest BCUT2D eigenvalue weighted by molar-refractivity contribution is 5.78. The normalized spacial score (nSPS) is 14.8. The first-order valence-electron chi connectivity index (χ1n) is 8.85. The molecule has 2 aliphatic heterocycles.